The molecule has 4 aliphatic carbocycles. The van der Waals surface area contributed by atoms with Gasteiger partial charge in [0.2, 0.25) is 0 Å². The first-order chi connectivity index (χ1) is 8.09. The van der Waals surface area contributed by atoms with Gasteiger partial charge in [0.25, 0.3) is 0 Å². The number of Topliss-reactive ketones (excluding diaryl/α,β-unsaturated/α-hetero) is 1. The molecule has 4 rings (SSSR count). The van der Waals surface area contributed by atoms with Crippen molar-refractivity contribution in [1.29, 1.82) is 0 Å². The molecule has 0 aliphatic heterocycles. The van der Waals surface area contributed by atoms with E-state index in [2.05, 4.69) is 26.0 Å². The lowest BCUT2D eigenvalue weighted by Crippen LogP contribution is -2.36. The van der Waals surface area contributed by atoms with Crippen LogP contribution >= 0.6 is 0 Å². The smallest absolute Gasteiger partial charge is 0.142 e. The summed E-state index contributed by atoms with van der Waals surface area (Å²) in [6.45, 7) is 4.45. The fourth-order valence-electron chi connectivity index (χ4n) is 6.16. The van der Waals surface area contributed by atoms with Crippen LogP contribution in [-0.2, 0) is 4.79 Å². The van der Waals surface area contributed by atoms with Crippen molar-refractivity contribution < 1.29 is 4.79 Å². The lowest BCUT2D eigenvalue weighted by molar-refractivity contribution is -0.131. The monoisotopic (exact) mass is 230 g/mol. The molecule has 0 amide bonds. The Labute approximate surface area is 104 Å². The van der Waals surface area contributed by atoms with E-state index < -0.39 is 0 Å². The number of fused-ring (bicyclic) bond motifs is 2. The van der Waals surface area contributed by atoms with Crippen LogP contribution in [0.25, 0.3) is 0 Å². The average molecular weight is 230 g/mol. The molecule has 4 aliphatic rings. The predicted octanol–water partition coefficient (Wildman–Crippen LogP) is 3.59. The van der Waals surface area contributed by atoms with Crippen LogP contribution in [0, 0.1) is 34.5 Å². The van der Waals surface area contributed by atoms with Crippen molar-refractivity contribution in [1.82, 2.24) is 0 Å². The molecule has 0 N–H and O–H groups in total. The molecule has 0 aromatic carbocycles. The van der Waals surface area contributed by atoms with Crippen LogP contribution in [0.1, 0.15) is 46.0 Å². The van der Waals surface area contributed by atoms with Crippen LogP contribution in [-0.4, -0.2) is 5.78 Å². The van der Waals surface area contributed by atoms with Gasteiger partial charge >= 0.3 is 0 Å². The maximum absolute atomic E-state index is 12.6. The minimum Gasteiger partial charge on any atom is -0.299 e. The van der Waals surface area contributed by atoms with Crippen LogP contribution in [0.15, 0.2) is 12.2 Å². The Hall–Kier alpha value is -0.590. The van der Waals surface area contributed by atoms with Crippen molar-refractivity contribution in [2.45, 2.75) is 46.0 Å². The predicted molar refractivity (Wildman–Crippen MR) is 67.4 cm³/mol. The summed E-state index contributed by atoms with van der Waals surface area (Å²) in [7, 11) is 0. The van der Waals surface area contributed by atoms with Gasteiger partial charge < -0.3 is 0 Å². The van der Waals surface area contributed by atoms with Gasteiger partial charge in [-0.1, -0.05) is 26.0 Å². The first kappa shape index (κ1) is 10.3. The summed E-state index contributed by atoms with van der Waals surface area (Å²) >= 11 is 0. The van der Waals surface area contributed by atoms with Gasteiger partial charge in [-0.15, -0.1) is 0 Å². The molecule has 0 heterocycles. The molecule has 0 bridgehead atoms. The standard InChI is InChI=1S/C16H22O/c1-10-8-12-9-16-7-3-4-11(16)5-6-13(16)15(12,2)14(10)17/h3,7,10-13H,4-6,8-9H2,1-2H3/t10?,11-,12?,13+,15+,16+/m1/s1. The zero-order chi connectivity index (χ0) is 11.8. The van der Waals surface area contributed by atoms with Gasteiger partial charge in [0.1, 0.15) is 5.78 Å². The first-order valence-corrected chi connectivity index (χ1v) is 7.31. The van der Waals surface area contributed by atoms with Gasteiger partial charge in [-0.05, 0) is 55.3 Å². The van der Waals surface area contributed by atoms with Gasteiger partial charge in [0, 0.05) is 11.3 Å². The molecule has 0 aromatic rings. The highest BCUT2D eigenvalue weighted by Crippen LogP contribution is 2.73. The van der Waals surface area contributed by atoms with Crippen LogP contribution in [0.2, 0.25) is 0 Å². The molecule has 0 aromatic heterocycles. The Morgan fingerprint density at radius 1 is 1.29 bits per heavy atom. The summed E-state index contributed by atoms with van der Waals surface area (Å²) in [6.07, 6.45) is 11.3. The van der Waals surface area contributed by atoms with Crippen LogP contribution in [0.4, 0.5) is 0 Å². The Morgan fingerprint density at radius 3 is 2.94 bits per heavy atom. The van der Waals surface area contributed by atoms with E-state index in [0.717, 1.165) is 12.3 Å². The topological polar surface area (TPSA) is 17.1 Å². The Bertz CT molecular complexity index is 423. The van der Waals surface area contributed by atoms with Crippen molar-refractivity contribution in [2.75, 3.05) is 0 Å². The van der Waals surface area contributed by atoms with Gasteiger partial charge in [-0.25, -0.2) is 0 Å². The minimum absolute atomic E-state index is 0.0306. The van der Waals surface area contributed by atoms with Crippen molar-refractivity contribution >= 4 is 5.78 Å². The third kappa shape index (κ3) is 0.936. The number of hydrogen-bond acceptors (Lipinski definition) is 1. The third-order valence-electron chi connectivity index (χ3n) is 6.85. The molecule has 1 nitrogen and oxygen atoms in total. The summed E-state index contributed by atoms with van der Waals surface area (Å²) in [5.41, 5.74) is 0.470. The maximum Gasteiger partial charge on any atom is 0.142 e. The molecule has 3 fully saturated rings. The Kier molecular flexibility index (Phi) is 1.74. The molecule has 6 atom stereocenters. The molecule has 0 saturated heterocycles. The first-order valence-electron chi connectivity index (χ1n) is 7.31. The number of hydrogen-bond donors (Lipinski definition) is 0. The van der Waals surface area contributed by atoms with E-state index in [1.54, 1.807) is 0 Å². The fraction of sp³-hybridized carbons (Fsp3) is 0.812. The van der Waals surface area contributed by atoms with E-state index in [4.69, 9.17) is 0 Å². The largest absolute Gasteiger partial charge is 0.299 e. The van der Waals surface area contributed by atoms with Gasteiger partial charge in [0.15, 0.2) is 0 Å². The van der Waals surface area contributed by atoms with E-state index in [0.29, 0.717) is 29.0 Å². The summed E-state index contributed by atoms with van der Waals surface area (Å²) < 4.78 is 0. The average Bonchev–Trinajstić information content (AvgIpc) is 2.92. The zero-order valence-corrected chi connectivity index (χ0v) is 10.9. The molecule has 92 valence electrons. The zero-order valence-electron chi connectivity index (χ0n) is 10.9. The van der Waals surface area contributed by atoms with E-state index >= 15 is 0 Å². The van der Waals surface area contributed by atoms with Crippen LogP contribution < -0.4 is 0 Å². The second-order valence-corrected chi connectivity index (χ2v) is 7.26. The molecule has 1 heteroatoms. The molecule has 3 saturated carbocycles. The molecule has 1 spiro atoms. The lowest BCUT2D eigenvalue weighted by atomic mass is 9.68. The number of carbonyl (C=O) groups excluding carboxylic acids is 1. The highest BCUT2D eigenvalue weighted by Gasteiger charge is 2.69. The molecular weight excluding hydrogens is 208 g/mol. The van der Waals surface area contributed by atoms with Gasteiger partial charge in [-0.2, -0.15) is 0 Å². The summed E-state index contributed by atoms with van der Waals surface area (Å²) in [4.78, 5) is 12.6. The normalized spacial score (nSPS) is 59.5. The Morgan fingerprint density at radius 2 is 2.12 bits per heavy atom. The lowest BCUT2D eigenvalue weighted by Gasteiger charge is -2.34. The number of allylic oxidation sites excluding steroid dienone is 2. The number of rotatable bonds is 0. The minimum atomic E-state index is 0.0306. The molecule has 17 heavy (non-hydrogen) atoms. The summed E-state index contributed by atoms with van der Waals surface area (Å²) in [5.74, 6) is 3.14. The van der Waals surface area contributed by atoms with Crippen molar-refractivity contribution in [3.63, 3.8) is 0 Å². The maximum atomic E-state index is 12.6. The SMILES string of the molecule is CC1CC2C[C@@]34C=CC[C@@H]3CC[C@H]4[C@@]2(C)C1=O. The third-order valence-corrected chi connectivity index (χ3v) is 6.85. The van der Waals surface area contributed by atoms with Crippen molar-refractivity contribution in [3.8, 4) is 0 Å². The number of ketones is 1. The Balaban J connectivity index is 1.83. The summed E-state index contributed by atoms with van der Waals surface area (Å²) in [5, 5.41) is 0. The second kappa shape index (κ2) is 2.87. The van der Waals surface area contributed by atoms with E-state index in [9.17, 15) is 4.79 Å². The number of carbonyl (C=O) groups is 1. The van der Waals surface area contributed by atoms with Gasteiger partial charge in [-0.3, -0.25) is 4.79 Å². The van der Waals surface area contributed by atoms with Crippen LogP contribution in [0.5, 0.6) is 0 Å². The van der Waals surface area contributed by atoms with Crippen LogP contribution in [0.3, 0.4) is 0 Å². The molecule has 2 unspecified atom stereocenters. The summed E-state index contributed by atoms with van der Waals surface area (Å²) in [6, 6.07) is 0. The second-order valence-electron chi connectivity index (χ2n) is 7.26. The van der Waals surface area contributed by atoms with E-state index in [1.165, 1.54) is 25.7 Å². The fourth-order valence-corrected chi connectivity index (χ4v) is 6.16. The highest BCUT2D eigenvalue weighted by atomic mass is 16.1. The van der Waals surface area contributed by atoms with E-state index in [1.807, 2.05) is 0 Å². The van der Waals surface area contributed by atoms with Crippen molar-refractivity contribution in [2.24, 2.45) is 34.5 Å². The van der Waals surface area contributed by atoms with Gasteiger partial charge in [0.05, 0.1) is 0 Å². The molecular formula is C16H22O. The quantitative estimate of drug-likeness (QED) is 0.581. The van der Waals surface area contributed by atoms with Crippen molar-refractivity contribution in [3.05, 3.63) is 12.2 Å². The van der Waals surface area contributed by atoms with E-state index in [-0.39, 0.29) is 5.41 Å². The highest BCUT2D eigenvalue weighted by molar-refractivity contribution is 5.90. The molecule has 0 radical (unpaired) electrons.